The third-order valence-electron chi connectivity index (χ3n) is 5.25. The number of nitrogens with two attached hydrogens (primary N) is 2. The van der Waals surface area contributed by atoms with Crippen LogP contribution < -0.4 is 21.5 Å². The molecule has 0 fully saturated rings. The molecule has 8 nitrogen and oxygen atoms in total. The Morgan fingerprint density at radius 3 is 1.91 bits per heavy atom. The van der Waals surface area contributed by atoms with Gasteiger partial charge < -0.3 is 16.8 Å². The van der Waals surface area contributed by atoms with Gasteiger partial charge in [0, 0.05) is 12.2 Å². The molecule has 2 aromatic carbocycles. The minimum atomic E-state index is -3.80. The molecule has 0 atom stereocenters. The molecule has 0 aliphatic heterocycles. The van der Waals surface area contributed by atoms with Crippen LogP contribution in [0.15, 0.2) is 52.4 Å². The number of benzene rings is 2. The Morgan fingerprint density at radius 1 is 0.912 bits per heavy atom. The molecule has 34 heavy (non-hydrogen) atoms. The van der Waals surface area contributed by atoms with Crippen molar-refractivity contribution in [3.8, 4) is 0 Å². The van der Waals surface area contributed by atoms with Crippen molar-refractivity contribution in [2.24, 2.45) is 16.5 Å². The van der Waals surface area contributed by atoms with Crippen LogP contribution in [0.25, 0.3) is 0 Å². The summed E-state index contributed by atoms with van der Waals surface area (Å²) in [6, 6.07) is 12.3. The first-order valence-electron chi connectivity index (χ1n) is 11.2. The van der Waals surface area contributed by atoms with Crippen molar-refractivity contribution < 1.29 is 13.2 Å². The summed E-state index contributed by atoms with van der Waals surface area (Å²) in [5.74, 6) is -0.195. The Balaban J connectivity index is 2.16. The Hall–Kier alpha value is -3.07. The molecule has 0 radical (unpaired) electrons. The first kappa shape index (κ1) is 27.2. The zero-order valence-electron chi connectivity index (χ0n) is 20.9. The van der Waals surface area contributed by atoms with Crippen LogP contribution in [-0.2, 0) is 32.1 Å². The molecule has 0 bridgehead atoms. The van der Waals surface area contributed by atoms with E-state index in [-0.39, 0.29) is 34.0 Å². The lowest BCUT2D eigenvalue weighted by Gasteiger charge is -2.26. The number of aliphatic imine (C=N–C) groups is 1. The van der Waals surface area contributed by atoms with E-state index >= 15 is 0 Å². The number of carbonyl (C=O) groups is 1. The molecule has 0 aliphatic carbocycles. The third-order valence-corrected chi connectivity index (χ3v) is 6.61. The zero-order chi connectivity index (χ0) is 25.7. The molecule has 2 aromatic rings. The second-order valence-corrected chi connectivity index (χ2v) is 12.1. The minimum Gasteiger partial charge on any atom is -0.370 e. The van der Waals surface area contributed by atoms with Gasteiger partial charge in [-0.3, -0.25) is 14.5 Å². The molecular weight excluding hydrogens is 450 g/mol. The molecule has 0 spiro atoms. The largest absolute Gasteiger partial charge is 0.370 e. The molecule has 0 heterocycles. The van der Waals surface area contributed by atoms with Crippen LogP contribution in [0.2, 0.25) is 0 Å². The molecule has 9 heteroatoms. The van der Waals surface area contributed by atoms with E-state index in [1.807, 2.05) is 0 Å². The number of amides is 1. The molecule has 2 rings (SSSR count). The van der Waals surface area contributed by atoms with Gasteiger partial charge in [-0.25, -0.2) is 8.42 Å². The van der Waals surface area contributed by atoms with Crippen LogP contribution >= 0.6 is 0 Å². The Bertz CT molecular complexity index is 1110. The van der Waals surface area contributed by atoms with Crippen molar-refractivity contribution in [3.63, 3.8) is 0 Å². The van der Waals surface area contributed by atoms with E-state index in [4.69, 9.17) is 11.5 Å². The van der Waals surface area contributed by atoms with Gasteiger partial charge in [-0.1, -0.05) is 59.7 Å². The molecule has 0 saturated heterocycles. The maximum absolute atomic E-state index is 13.2. The van der Waals surface area contributed by atoms with Crippen LogP contribution in [0.1, 0.15) is 58.2 Å². The van der Waals surface area contributed by atoms with Crippen molar-refractivity contribution in [1.29, 1.82) is 0 Å². The van der Waals surface area contributed by atoms with Crippen molar-refractivity contribution in [3.05, 3.63) is 59.2 Å². The fourth-order valence-electron chi connectivity index (χ4n) is 3.15. The quantitative estimate of drug-likeness (QED) is 0.257. The number of nitrogens with one attached hydrogen (secondary N) is 2. The predicted molar refractivity (Wildman–Crippen MR) is 138 cm³/mol. The molecule has 0 unspecified atom stereocenters. The Labute approximate surface area is 203 Å². The Kier molecular flexibility index (Phi) is 8.36. The number of nitrogens with zero attached hydrogens (tertiary/aromatic N) is 1. The summed E-state index contributed by atoms with van der Waals surface area (Å²) in [6.45, 7) is 13.0. The smallest absolute Gasteiger partial charge is 0.261 e. The summed E-state index contributed by atoms with van der Waals surface area (Å²) in [5, 5.41) is 2.73. The number of sulfonamides is 1. The number of carbonyl (C=O) groups excluding carboxylic acids is 1. The number of hydrogen-bond donors (Lipinski definition) is 4. The van der Waals surface area contributed by atoms with Crippen LogP contribution in [0.4, 0.5) is 5.69 Å². The number of anilines is 1. The lowest BCUT2D eigenvalue weighted by Crippen LogP contribution is -2.29. The highest BCUT2D eigenvalue weighted by molar-refractivity contribution is 7.92. The number of hydrogen-bond acceptors (Lipinski definition) is 4. The van der Waals surface area contributed by atoms with E-state index < -0.39 is 10.0 Å². The molecular formula is C25H37N5O3S. The van der Waals surface area contributed by atoms with Crippen LogP contribution in [0.3, 0.4) is 0 Å². The van der Waals surface area contributed by atoms with Crippen LogP contribution in [0, 0.1) is 0 Å². The summed E-state index contributed by atoms with van der Waals surface area (Å²) < 4.78 is 29.1. The van der Waals surface area contributed by atoms with Gasteiger partial charge in [0.25, 0.3) is 10.0 Å². The van der Waals surface area contributed by atoms with E-state index in [1.165, 1.54) is 0 Å². The second-order valence-electron chi connectivity index (χ2n) is 10.4. The highest BCUT2D eigenvalue weighted by Gasteiger charge is 2.24. The molecule has 0 aromatic heterocycles. The maximum Gasteiger partial charge on any atom is 0.261 e. The molecule has 1 amide bonds. The van der Waals surface area contributed by atoms with E-state index in [9.17, 15) is 13.2 Å². The summed E-state index contributed by atoms with van der Waals surface area (Å²) in [7, 11) is -3.80. The fraction of sp³-hybridized carbons (Fsp3) is 0.440. The molecule has 0 saturated carbocycles. The maximum atomic E-state index is 13.2. The standard InChI is InChI=1S/C25H37N5O3S/c1-24(2,3)18-14-19(25(4,5)6)16-21(15-18)34(32,33)30-20-9-7-17(8-10-20)13-22(31)28-11-12-29-23(26)27/h7-10,14-16,30H,11-13H2,1-6H3,(H,28,31)(H4,26,27,29). The van der Waals surface area contributed by atoms with E-state index in [2.05, 4.69) is 62.6 Å². The first-order chi connectivity index (χ1) is 15.6. The lowest BCUT2D eigenvalue weighted by atomic mass is 9.81. The van der Waals surface area contributed by atoms with Crippen molar-refractivity contribution in [2.75, 3.05) is 17.8 Å². The van der Waals surface area contributed by atoms with Crippen molar-refractivity contribution in [2.45, 2.75) is 63.7 Å². The summed E-state index contributed by atoms with van der Waals surface area (Å²) in [6.07, 6.45) is 0.164. The van der Waals surface area contributed by atoms with Crippen LogP contribution in [-0.4, -0.2) is 33.4 Å². The molecule has 0 aliphatic rings. The lowest BCUT2D eigenvalue weighted by molar-refractivity contribution is -0.120. The topological polar surface area (TPSA) is 140 Å². The zero-order valence-corrected chi connectivity index (χ0v) is 21.7. The molecule has 186 valence electrons. The van der Waals surface area contributed by atoms with E-state index in [1.54, 1.807) is 36.4 Å². The monoisotopic (exact) mass is 487 g/mol. The van der Waals surface area contributed by atoms with E-state index in [0.717, 1.165) is 16.7 Å². The van der Waals surface area contributed by atoms with Gasteiger partial charge in [0.1, 0.15) is 0 Å². The average molecular weight is 488 g/mol. The summed E-state index contributed by atoms with van der Waals surface area (Å²) in [4.78, 5) is 16.1. The van der Waals surface area contributed by atoms with Crippen LogP contribution in [0.5, 0.6) is 0 Å². The second kappa shape index (κ2) is 10.5. The van der Waals surface area contributed by atoms with Gasteiger partial charge in [0.15, 0.2) is 5.96 Å². The van der Waals surface area contributed by atoms with Gasteiger partial charge in [0.05, 0.1) is 17.9 Å². The highest BCUT2D eigenvalue weighted by atomic mass is 32.2. The fourth-order valence-corrected chi connectivity index (χ4v) is 4.28. The minimum absolute atomic E-state index is 0.0212. The van der Waals surface area contributed by atoms with Crippen molar-refractivity contribution >= 4 is 27.6 Å². The van der Waals surface area contributed by atoms with Gasteiger partial charge in [-0.05, 0) is 51.8 Å². The average Bonchev–Trinajstić information content (AvgIpc) is 2.71. The van der Waals surface area contributed by atoms with Gasteiger partial charge in [-0.15, -0.1) is 0 Å². The first-order valence-corrected chi connectivity index (χ1v) is 12.7. The summed E-state index contributed by atoms with van der Waals surface area (Å²) in [5.41, 5.74) is 13.2. The number of rotatable bonds is 8. The Morgan fingerprint density at radius 2 is 1.44 bits per heavy atom. The predicted octanol–water partition coefficient (Wildman–Crippen LogP) is 3.01. The summed E-state index contributed by atoms with van der Waals surface area (Å²) >= 11 is 0. The third kappa shape index (κ3) is 8.06. The van der Waals surface area contributed by atoms with Gasteiger partial charge in [0.2, 0.25) is 5.91 Å². The van der Waals surface area contributed by atoms with Gasteiger partial charge >= 0.3 is 0 Å². The van der Waals surface area contributed by atoms with Crippen molar-refractivity contribution in [1.82, 2.24) is 5.32 Å². The van der Waals surface area contributed by atoms with E-state index in [0.29, 0.717) is 18.8 Å². The number of guanidine groups is 1. The molecule has 6 N–H and O–H groups in total. The SMILES string of the molecule is CC(C)(C)c1cc(C(C)(C)C)cc(S(=O)(=O)Nc2ccc(CC(=O)NCCN=C(N)N)cc2)c1. The van der Waals surface area contributed by atoms with Gasteiger partial charge in [-0.2, -0.15) is 0 Å². The normalized spacial score (nSPS) is 12.2. The highest BCUT2D eigenvalue weighted by Crippen LogP contribution is 2.32.